The van der Waals surface area contributed by atoms with Crippen molar-refractivity contribution < 1.29 is 22.8 Å². The average Bonchev–Trinajstić information content (AvgIpc) is 3.19. The highest BCUT2D eigenvalue weighted by atomic mass is 32.2. The predicted molar refractivity (Wildman–Crippen MR) is 108 cm³/mol. The van der Waals surface area contributed by atoms with Crippen LogP contribution in [0.1, 0.15) is 11.1 Å². The van der Waals surface area contributed by atoms with Gasteiger partial charge in [0.25, 0.3) is 5.22 Å². The molecule has 0 spiro atoms. The standard InChI is InChI=1S/C20H18F2N4O3S/c1-11-3-4-13(7-12(11)2)19-25-26-20(29-19)30-10-18(28)23-9-17(27)24-14-5-6-15(21)16(22)8-14/h3-8H,9-10H2,1-2H3,(H,23,28)(H,24,27). The van der Waals surface area contributed by atoms with E-state index in [0.717, 1.165) is 40.6 Å². The van der Waals surface area contributed by atoms with Crippen LogP contribution in [-0.4, -0.2) is 34.3 Å². The summed E-state index contributed by atoms with van der Waals surface area (Å²) in [6.45, 7) is 3.67. The van der Waals surface area contributed by atoms with Gasteiger partial charge in [0.05, 0.1) is 12.3 Å². The first kappa shape index (κ1) is 21.4. The molecule has 0 aliphatic carbocycles. The molecular formula is C20H18F2N4O3S. The Balaban J connectivity index is 1.45. The van der Waals surface area contributed by atoms with E-state index in [-0.39, 0.29) is 23.2 Å². The molecule has 0 unspecified atom stereocenters. The molecule has 0 radical (unpaired) electrons. The van der Waals surface area contributed by atoms with Crippen LogP contribution in [0, 0.1) is 25.5 Å². The Hall–Kier alpha value is -3.27. The summed E-state index contributed by atoms with van der Waals surface area (Å²) in [5.74, 6) is -2.77. The summed E-state index contributed by atoms with van der Waals surface area (Å²) in [5, 5.41) is 12.9. The van der Waals surface area contributed by atoms with E-state index in [0.29, 0.717) is 5.89 Å². The lowest BCUT2D eigenvalue weighted by Gasteiger charge is -2.06. The second-order valence-corrected chi connectivity index (χ2v) is 7.34. The van der Waals surface area contributed by atoms with Crippen molar-refractivity contribution in [2.75, 3.05) is 17.6 Å². The molecule has 1 aromatic heterocycles. The SMILES string of the molecule is Cc1ccc(-c2nnc(SCC(=O)NCC(=O)Nc3ccc(F)c(F)c3)o2)cc1C. The lowest BCUT2D eigenvalue weighted by molar-refractivity contribution is -0.122. The number of hydrogen-bond donors (Lipinski definition) is 2. The van der Waals surface area contributed by atoms with Crippen LogP contribution in [0.4, 0.5) is 14.5 Å². The highest BCUT2D eigenvalue weighted by molar-refractivity contribution is 7.99. The minimum atomic E-state index is -1.08. The summed E-state index contributed by atoms with van der Waals surface area (Å²) < 4.78 is 31.6. The lowest BCUT2D eigenvalue weighted by atomic mass is 10.1. The quantitative estimate of drug-likeness (QED) is 0.555. The molecule has 0 saturated heterocycles. The van der Waals surface area contributed by atoms with E-state index in [2.05, 4.69) is 20.8 Å². The van der Waals surface area contributed by atoms with Gasteiger partial charge in [-0.15, -0.1) is 10.2 Å². The monoisotopic (exact) mass is 432 g/mol. The molecule has 0 aliphatic rings. The minimum absolute atomic E-state index is 0.0347. The first-order valence-electron chi connectivity index (χ1n) is 8.87. The van der Waals surface area contributed by atoms with Gasteiger partial charge in [-0.2, -0.15) is 0 Å². The predicted octanol–water partition coefficient (Wildman–Crippen LogP) is 3.48. The molecule has 156 valence electrons. The van der Waals surface area contributed by atoms with Gasteiger partial charge < -0.3 is 15.1 Å². The number of aryl methyl sites for hydroxylation is 2. The summed E-state index contributed by atoms with van der Waals surface area (Å²) in [6, 6.07) is 8.75. The van der Waals surface area contributed by atoms with Crippen LogP contribution in [0.15, 0.2) is 46.0 Å². The van der Waals surface area contributed by atoms with E-state index < -0.39 is 23.4 Å². The van der Waals surface area contributed by atoms with Crippen molar-refractivity contribution in [1.29, 1.82) is 0 Å². The molecule has 1 heterocycles. The number of carbonyl (C=O) groups excluding carboxylic acids is 2. The Morgan fingerprint density at radius 2 is 1.80 bits per heavy atom. The number of aromatic nitrogens is 2. The highest BCUT2D eigenvalue weighted by Crippen LogP contribution is 2.24. The third-order valence-electron chi connectivity index (χ3n) is 4.14. The van der Waals surface area contributed by atoms with Crippen LogP contribution >= 0.6 is 11.8 Å². The van der Waals surface area contributed by atoms with E-state index in [4.69, 9.17) is 4.42 Å². The van der Waals surface area contributed by atoms with Crippen LogP contribution in [0.2, 0.25) is 0 Å². The number of halogens is 2. The molecule has 10 heteroatoms. The fraction of sp³-hybridized carbons (Fsp3) is 0.200. The smallest absolute Gasteiger partial charge is 0.277 e. The first-order chi connectivity index (χ1) is 14.3. The van der Waals surface area contributed by atoms with Crippen LogP contribution in [0.25, 0.3) is 11.5 Å². The van der Waals surface area contributed by atoms with Gasteiger partial charge in [0.2, 0.25) is 17.7 Å². The molecule has 0 aliphatic heterocycles. The van der Waals surface area contributed by atoms with E-state index in [9.17, 15) is 18.4 Å². The highest BCUT2D eigenvalue weighted by Gasteiger charge is 2.13. The van der Waals surface area contributed by atoms with Gasteiger partial charge >= 0.3 is 0 Å². The molecule has 30 heavy (non-hydrogen) atoms. The number of anilines is 1. The molecule has 2 amide bonds. The fourth-order valence-electron chi connectivity index (χ4n) is 2.40. The zero-order valence-corrected chi connectivity index (χ0v) is 17.0. The number of carbonyl (C=O) groups is 2. The molecule has 3 rings (SSSR count). The normalized spacial score (nSPS) is 10.7. The maximum Gasteiger partial charge on any atom is 0.277 e. The summed E-state index contributed by atoms with van der Waals surface area (Å²) >= 11 is 1.04. The van der Waals surface area contributed by atoms with Crippen LogP contribution in [0.3, 0.4) is 0 Å². The zero-order valence-electron chi connectivity index (χ0n) is 16.2. The zero-order chi connectivity index (χ0) is 21.7. The molecule has 0 bridgehead atoms. The third kappa shape index (κ3) is 5.63. The molecule has 7 nitrogen and oxygen atoms in total. The van der Waals surface area contributed by atoms with Crippen molar-refractivity contribution in [1.82, 2.24) is 15.5 Å². The van der Waals surface area contributed by atoms with Gasteiger partial charge in [0.1, 0.15) is 0 Å². The lowest BCUT2D eigenvalue weighted by Crippen LogP contribution is -2.33. The molecule has 0 atom stereocenters. The Morgan fingerprint density at radius 1 is 1.00 bits per heavy atom. The summed E-state index contributed by atoms with van der Waals surface area (Å²) in [6.07, 6.45) is 0. The van der Waals surface area contributed by atoms with Crippen LogP contribution in [0.5, 0.6) is 0 Å². The maximum atomic E-state index is 13.1. The van der Waals surface area contributed by atoms with Crippen molar-refractivity contribution in [3.8, 4) is 11.5 Å². The number of amides is 2. The maximum absolute atomic E-state index is 13.1. The Kier molecular flexibility index (Phi) is 6.78. The van der Waals surface area contributed by atoms with E-state index in [1.807, 2.05) is 32.0 Å². The van der Waals surface area contributed by atoms with Crippen molar-refractivity contribution >= 4 is 29.3 Å². The van der Waals surface area contributed by atoms with Crippen molar-refractivity contribution in [3.63, 3.8) is 0 Å². The van der Waals surface area contributed by atoms with Crippen molar-refractivity contribution in [3.05, 3.63) is 59.2 Å². The molecule has 3 aromatic rings. The van der Waals surface area contributed by atoms with Crippen LogP contribution in [-0.2, 0) is 9.59 Å². The molecule has 0 fully saturated rings. The van der Waals surface area contributed by atoms with Gasteiger partial charge in [0.15, 0.2) is 11.6 Å². The molecule has 0 saturated carbocycles. The first-order valence-corrected chi connectivity index (χ1v) is 9.86. The van der Waals surface area contributed by atoms with E-state index >= 15 is 0 Å². The average molecular weight is 432 g/mol. The van der Waals surface area contributed by atoms with Gasteiger partial charge in [0, 0.05) is 17.3 Å². The third-order valence-corrected chi connectivity index (χ3v) is 4.95. The van der Waals surface area contributed by atoms with Gasteiger partial charge in [-0.05, 0) is 49.2 Å². The van der Waals surface area contributed by atoms with Gasteiger partial charge in [-0.3, -0.25) is 9.59 Å². The van der Waals surface area contributed by atoms with Crippen molar-refractivity contribution in [2.45, 2.75) is 19.1 Å². The number of thioether (sulfide) groups is 1. The largest absolute Gasteiger partial charge is 0.411 e. The number of nitrogens with zero attached hydrogens (tertiary/aromatic N) is 2. The minimum Gasteiger partial charge on any atom is -0.411 e. The summed E-state index contributed by atoms with van der Waals surface area (Å²) in [7, 11) is 0. The van der Waals surface area contributed by atoms with Crippen LogP contribution < -0.4 is 10.6 Å². The van der Waals surface area contributed by atoms with E-state index in [1.165, 1.54) is 6.07 Å². The second kappa shape index (κ2) is 9.49. The Labute approximate surface area is 175 Å². The Morgan fingerprint density at radius 3 is 2.53 bits per heavy atom. The number of benzene rings is 2. The number of hydrogen-bond acceptors (Lipinski definition) is 6. The fourth-order valence-corrected chi connectivity index (χ4v) is 2.99. The number of rotatable bonds is 7. The molecular weight excluding hydrogens is 414 g/mol. The van der Waals surface area contributed by atoms with Gasteiger partial charge in [-0.1, -0.05) is 17.8 Å². The molecule has 2 aromatic carbocycles. The summed E-state index contributed by atoms with van der Waals surface area (Å²) in [4.78, 5) is 23.7. The summed E-state index contributed by atoms with van der Waals surface area (Å²) in [5.41, 5.74) is 3.13. The van der Waals surface area contributed by atoms with E-state index in [1.54, 1.807) is 0 Å². The molecule has 2 N–H and O–H groups in total. The van der Waals surface area contributed by atoms with Gasteiger partial charge in [-0.25, -0.2) is 8.78 Å². The second-order valence-electron chi connectivity index (χ2n) is 6.41. The Bertz CT molecular complexity index is 1090. The number of nitrogens with one attached hydrogen (secondary N) is 2. The van der Waals surface area contributed by atoms with Crippen molar-refractivity contribution in [2.24, 2.45) is 0 Å². The topological polar surface area (TPSA) is 97.1 Å².